The van der Waals surface area contributed by atoms with Crippen LogP contribution in [-0.2, 0) is 6.98 Å². The molecule has 1 fully saturated rings. The molecular formula is C21H20N2O4. The van der Waals surface area contributed by atoms with Crippen LogP contribution in [0.4, 0.5) is 0 Å². The Labute approximate surface area is 160 Å². The van der Waals surface area contributed by atoms with E-state index in [1.54, 1.807) is 12.1 Å². The Kier molecular flexibility index (Phi) is 3.38. The third kappa shape index (κ3) is 2.87. The van der Waals surface area contributed by atoms with Gasteiger partial charge in [0.2, 0.25) is 0 Å². The molecule has 4 rings (SSSR count). The number of fused-ring (bicyclic) bond motifs is 1. The van der Waals surface area contributed by atoms with E-state index in [1.165, 1.54) is 26.6 Å². The number of carbonyl (C=O) groups is 1. The van der Waals surface area contributed by atoms with Gasteiger partial charge in [0.05, 0.1) is 25.2 Å². The zero-order valence-corrected chi connectivity index (χ0v) is 15.0. The van der Waals surface area contributed by atoms with Crippen molar-refractivity contribution < 1.29 is 18.4 Å². The average molecular weight is 367 g/mol. The van der Waals surface area contributed by atoms with Crippen molar-refractivity contribution in [3.8, 4) is 22.6 Å². The first-order valence-corrected chi connectivity index (χ1v) is 8.56. The van der Waals surface area contributed by atoms with Crippen molar-refractivity contribution >= 4 is 17.1 Å². The minimum atomic E-state index is -2.66. The molecule has 0 N–H and O–H groups in total. The van der Waals surface area contributed by atoms with E-state index in [2.05, 4.69) is 4.98 Å². The summed E-state index contributed by atoms with van der Waals surface area (Å²) in [5.41, 5.74) is 1.56. The molecule has 0 saturated heterocycles. The van der Waals surface area contributed by atoms with Crippen molar-refractivity contribution in [3.05, 3.63) is 52.2 Å². The van der Waals surface area contributed by atoms with Gasteiger partial charge in [0.15, 0.2) is 6.29 Å². The van der Waals surface area contributed by atoms with Crippen molar-refractivity contribution in [2.75, 3.05) is 14.2 Å². The minimum absolute atomic E-state index is 0.213. The number of pyridine rings is 2. The molecule has 0 atom stereocenters. The maximum atomic E-state index is 12.9. The molecule has 27 heavy (non-hydrogen) atoms. The van der Waals surface area contributed by atoms with Crippen LogP contribution < -0.4 is 15.0 Å². The first-order valence-electron chi connectivity index (χ1n) is 10.1. The molecule has 1 aromatic carbocycles. The molecule has 138 valence electrons. The quantitative estimate of drug-likeness (QED) is 0.647. The van der Waals surface area contributed by atoms with Gasteiger partial charge in [-0.05, 0) is 42.0 Å². The van der Waals surface area contributed by atoms with Crippen LogP contribution in [0.1, 0.15) is 38.9 Å². The van der Waals surface area contributed by atoms with Gasteiger partial charge >= 0.3 is 0 Å². The maximum absolute atomic E-state index is 12.9. The lowest BCUT2D eigenvalue weighted by atomic mass is 9.98. The SMILES string of the molecule is [2H]C([2H])([2H])n1cc(-c2cc(OC)c(C=O)c(OC)c2)c2cc(C3CC3)ncc2c1=O. The van der Waals surface area contributed by atoms with Gasteiger partial charge in [-0.1, -0.05) is 0 Å². The number of nitrogens with zero attached hydrogens (tertiary/aromatic N) is 2. The molecule has 1 saturated carbocycles. The molecule has 3 aromatic rings. The van der Waals surface area contributed by atoms with Crippen LogP contribution in [0.3, 0.4) is 0 Å². The smallest absolute Gasteiger partial charge is 0.259 e. The summed E-state index contributed by atoms with van der Waals surface area (Å²) in [6, 6.07) is 5.11. The van der Waals surface area contributed by atoms with Gasteiger partial charge in [0.1, 0.15) is 11.5 Å². The number of benzene rings is 1. The molecule has 6 nitrogen and oxygen atoms in total. The van der Waals surface area contributed by atoms with Crippen LogP contribution in [0.15, 0.2) is 35.4 Å². The molecule has 0 unspecified atom stereocenters. The van der Waals surface area contributed by atoms with Gasteiger partial charge in [-0.15, -0.1) is 0 Å². The fourth-order valence-electron chi connectivity index (χ4n) is 3.29. The number of ether oxygens (including phenoxy) is 2. The summed E-state index contributed by atoms with van der Waals surface area (Å²) < 4.78 is 34.7. The predicted molar refractivity (Wildman–Crippen MR) is 103 cm³/mol. The summed E-state index contributed by atoms with van der Waals surface area (Å²) in [6.07, 6.45) is 5.48. The van der Waals surface area contributed by atoms with Crippen molar-refractivity contribution in [2.45, 2.75) is 18.8 Å². The highest BCUT2D eigenvalue weighted by molar-refractivity contribution is 5.97. The number of aryl methyl sites for hydroxylation is 1. The fourth-order valence-corrected chi connectivity index (χ4v) is 3.29. The molecule has 0 amide bonds. The third-order valence-corrected chi connectivity index (χ3v) is 4.89. The third-order valence-electron chi connectivity index (χ3n) is 4.89. The molecule has 1 aliphatic rings. The number of hydrogen-bond acceptors (Lipinski definition) is 5. The fraction of sp³-hybridized carbons (Fsp3) is 0.286. The van der Waals surface area contributed by atoms with E-state index in [1.807, 2.05) is 6.07 Å². The number of carbonyl (C=O) groups excluding carboxylic acids is 1. The Balaban J connectivity index is 2.08. The van der Waals surface area contributed by atoms with Crippen LogP contribution >= 0.6 is 0 Å². The first-order chi connectivity index (χ1) is 14.3. The van der Waals surface area contributed by atoms with Gasteiger partial charge < -0.3 is 14.0 Å². The van der Waals surface area contributed by atoms with E-state index in [9.17, 15) is 9.59 Å². The molecular weight excluding hydrogens is 344 g/mol. The predicted octanol–water partition coefficient (Wildman–Crippen LogP) is 3.31. The monoisotopic (exact) mass is 367 g/mol. The Hall–Kier alpha value is -3.15. The average Bonchev–Trinajstić information content (AvgIpc) is 3.57. The molecule has 1 aliphatic carbocycles. The molecule has 0 radical (unpaired) electrons. The number of rotatable bonds is 5. The van der Waals surface area contributed by atoms with Crippen molar-refractivity contribution in [1.82, 2.24) is 9.55 Å². The lowest BCUT2D eigenvalue weighted by Gasteiger charge is -2.15. The Morgan fingerprint density at radius 3 is 2.44 bits per heavy atom. The Bertz CT molecular complexity index is 1190. The number of aldehydes is 1. The van der Waals surface area contributed by atoms with Gasteiger partial charge in [-0.3, -0.25) is 14.6 Å². The highest BCUT2D eigenvalue weighted by Crippen LogP contribution is 2.41. The van der Waals surface area contributed by atoms with Crippen LogP contribution in [-0.4, -0.2) is 30.1 Å². The number of methoxy groups -OCH3 is 2. The summed E-state index contributed by atoms with van der Waals surface area (Å²) in [4.78, 5) is 28.8. The van der Waals surface area contributed by atoms with Gasteiger partial charge in [-0.25, -0.2) is 0 Å². The number of aromatic nitrogens is 2. The lowest BCUT2D eigenvalue weighted by molar-refractivity contribution is 0.111. The molecule has 6 heteroatoms. The van der Waals surface area contributed by atoms with Gasteiger partial charge in [0, 0.05) is 40.7 Å². The van der Waals surface area contributed by atoms with E-state index in [-0.39, 0.29) is 22.4 Å². The summed E-state index contributed by atoms with van der Waals surface area (Å²) in [5, 5.41) is 0.811. The summed E-state index contributed by atoms with van der Waals surface area (Å²) in [6.45, 7) is -2.66. The summed E-state index contributed by atoms with van der Waals surface area (Å²) >= 11 is 0. The van der Waals surface area contributed by atoms with E-state index in [0.29, 0.717) is 28.7 Å². The van der Waals surface area contributed by atoms with Crippen molar-refractivity contribution in [2.24, 2.45) is 6.98 Å². The van der Waals surface area contributed by atoms with Crippen molar-refractivity contribution in [1.29, 1.82) is 0 Å². The molecule has 0 bridgehead atoms. The second-order valence-corrected chi connectivity index (χ2v) is 6.56. The Morgan fingerprint density at radius 1 is 1.19 bits per heavy atom. The standard InChI is InChI=1S/C21H20N2O4/c1-23-10-16(13-6-19(26-2)17(11-24)20(7-13)27-3)14-8-18(12-4-5-12)22-9-15(14)21(23)25/h6-12H,4-5H2,1-3H3/i1D3. The lowest BCUT2D eigenvalue weighted by Crippen LogP contribution is -2.17. The highest BCUT2D eigenvalue weighted by Gasteiger charge is 2.26. The normalized spacial score (nSPS) is 15.7. The summed E-state index contributed by atoms with van der Waals surface area (Å²) in [7, 11) is 2.87. The zero-order valence-electron chi connectivity index (χ0n) is 18.0. The van der Waals surface area contributed by atoms with Crippen LogP contribution in [0.2, 0.25) is 0 Å². The van der Waals surface area contributed by atoms with Crippen LogP contribution in [0.25, 0.3) is 21.9 Å². The van der Waals surface area contributed by atoms with E-state index in [0.717, 1.165) is 23.1 Å². The van der Waals surface area contributed by atoms with Gasteiger partial charge in [-0.2, -0.15) is 0 Å². The van der Waals surface area contributed by atoms with Crippen LogP contribution in [0.5, 0.6) is 11.5 Å². The van der Waals surface area contributed by atoms with Crippen LogP contribution in [0, 0.1) is 0 Å². The van der Waals surface area contributed by atoms with E-state index >= 15 is 0 Å². The maximum Gasteiger partial charge on any atom is 0.259 e. The topological polar surface area (TPSA) is 70.4 Å². The van der Waals surface area contributed by atoms with Gasteiger partial charge in [0.25, 0.3) is 5.56 Å². The Morgan fingerprint density at radius 2 is 1.89 bits per heavy atom. The molecule has 0 spiro atoms. The molecule has 2 heterocycles. The highest BCUT2D eigenvalue weighted by atomic mass is 16.5. The first kappa shape index (κ1) is 14.0. The zero-order chi connectivity index (χ0) is 21.6. The van der Waals surface area contributed by atoms with E-state index < -0.39 is 12.5 Å². The molecule has 2 aromatic heterocycles. The largest absolute Gasteiger partial charge is 0.496 e. The minimum Gasteiger partial charge on any atom is -0.496 e. The van der Waals surface area contributed by atoms with Crippen molar-refractivity contribution in [3.63, 3.8) is 0 Å². The second-order valence-electron chi connectivity index (χ2n) is 6.56. The number of hydrogen-bond donors (Lipinski definition) is 0. The second kappa shape index (κ2) is 6.54. The molecule has 0 aliphatic heterocycles. The summed E-state index contributed by atoms with van der Waals surface area (Å²) in [5.74, 6) is 0.931. The van der Waals surface area contributed by atoms with E-state index in [4.69, 9.17) is 13.6 Å².